The first-order valence-electron chi connectivity index (χ1n) is 6.09. The van der Waals surface area contributed by atoms with Crippen molar-refractivity contribution in [2.75, 3.05) is 0 Å². The molecule has 0 aromatic carbocycles. The van der Waals surface area contributed by atoms with Crippen molar-refractivity contribution in [2.45, 2.75) is 46.1 Å². The van der Waals surface area contributed by atoms with E-state index in [-0.39, 0.29) is 12.0 Å². The predicted octanol–water partition coefficient (Wildman–Crippen LogP) is 3.72. The van der Waals surface area contributed by atoms with Crippen LogP contribution in [0.3, 0.4) is 0 Å². The smallest absolute Gasteiger partial charge is 0.0628 e. The number of hydrogen-bond acceptors (Lipinski definition) is 2. The number of hydrogen-bond donors (Lipinski definition) is 1. The summed E-state index contributed by atoms with van der Waals surface area (Å²) in [4.78, 5) is 0. The lowest BCUT2D eigenvalue weighted by molar-refractivity contribution is 0.502. The zero-order chi connectivity index (χ0) is 13.3. The molecule has 0 aromatic heterocycles. The molecule has 0 aliphatic heterocycles. The van der Waals surface area contributed by atoms with Crippen LogP contribution in [0.1, 0.15) is 40.0 Å². The molecular formula is C15H24N2. The average molecular weight is 232 g/mol. The van der Waals surface area contributed by atoms with Crippen LogP contribution >= 0.6 is 0 Å². The normalized spacial score (nSPS) is 14.1. The molecule has 2 heteroatoms. The minimum atomic E-state index is 0.131. The van der Waals surface area contributed by atoms with Crippen LogP contribution < -0.4 is 5.73 Å². The van der Waals surface area contributed by atoms with Crippen LogP contribution in [0, 0.1) is 17.2 Å². The lowest BCUT2D eigenvalue weighted by Crippen LogP contribution is -2.21. The van der Waals surface area contributed by atoms with Gasteiger partial charge in [-0.25, -0.2) is 0 Å². The van der Waals surface area contributed by atoms with E-state index in [2.05, 4.69) is 32.6 Å². The summed E-state index contributed by atoms with van der Waals surface area (Å²) in [6.07, 6.45) is 8.10. The first kappa shape index (κ1) is 15.7. The van der Waals surface area contributed by atoms with Gasteiger partial charge >= 0.3 is 0 Å². The molecule has 0 aromatic rings. The number of nitrogens with two attached hydrogens (primary N) is 1. The molecule has 0 saturated carbocycles. The second kappa shape index (κ2) is 8.78. The quantitative estimate of drug-likeness (QED) is 0.537. The van der Waals surface area contributed by atoms with Gasteiger partial charge in [0.05, 0.1) is 6.07 Å². The van der Waals surface area contributed by atoms with Gasteiger partial charge < -0.3 is 5.73 Å². The van der Waals surface area contributed by atoms with E-state index in [0.29, 0.717) is 6.42 Å². The maximum atomic E-state index is 8.90. The summed E-state index contributed by atoms with van der Waals surface area (Å²) in [6, 6.07) is 2.40. The summed E-state index contributed by atoms with van der Waals surface area (Å²) >= 11 is 0. The van der Waals surface area contributed by atoms with Crippen molar-refractivity contribution in [2.24, 2.45) is 11.7 Å². The van der Waals surface area contributed by atoms with Crippen LogP contribution in [0.4, 0.5) is 0 Å². The Labute approximate surface area is 106 Å². The van der Waals surface area contributed by atoms with E-state index in [1.54, 1.807) is 6.08 Å². The Balaban J connectivity index is 4.86. The van der Waals surface area contributed by atoms with E-state index in [1.165, 1.54) is 11.1 Å². The summed E-state index contributed by atoms with van der Waals surface area (Å²) in [6.45, 7) is 9.85. The minimum Gasteiger partial charge on any atom is -0.328 e. The van der Waals surface area contributed by atoms with Crippen molar-refractivity contribution in [1.29, 1.82) is 5.26 Å². The molecule has 0 amide bonds. The molecule has 0 heterocycles. The topological polar surface area (TPSA) is 49.8 Å². The third-order valence-corrected chi connectivity index (χ3v) is 2.74. The Bertz CT molecular complexity index is 325. The van der Waals surface area contributed by atoms with Crippen molar-refractivity contribution < 1.29 is 0 Å². The van der Waals surface area contributed by atoms with Gasteiger partial charge in [-0.3, -0.25) is 0 Å². The molecule has 0 rings (SSSR count). The van der Waals surface area contributed by atoms with Crippen LogP contribution in [0.2, 0.25) is 0 Å². The zero-order valence-electron chi connectivity index (χ0n) is 11.2. The Morgan fingerprint density at radius 2 is 2.12 bits per heavy atom. The van der Waals surface area contributed by atoms with Crippen molar-refractivity contribution in [3.63, 3.8) is 0 Å². The highest BCUT2D eigenvalue weighted by Gasteiger charge is 2.16. The Morgan fingerprint density at radius 3 is 2.53 bits per heavy atom. The summed E-state index contributed by atoms with van der Waals surface area (Å²) in [5.41, 5.74) is 8.48. The van der Waals surface area contributed by atoms with E-state index in [1.807, 2.05) is 13.0 Å². The molecular weight excluding hydrogens is 208 g/mol. The third-order valence-electron chi connectivity index (χ3n) is 2.74. The number of rotatable bonds is 7. The van der Waals surface area contributed by atoms with Gasteiger partial charge in [-0.05, 0) is 39.5 Å². The third kappa shape index (κ3) is 6.76. The Morgan fingerprint density at radius 1 is 1.47 bits per heavy atom. The highest BCUT2D eigenvalue weighted by molar-refractivity contribution is 5.19. The predicted molar refractivity (Wildman–Crippen MR) is 74.3 cm³/mol. The molecule has 0 fully saturated rings. The maximum Gasteiger partial charge on any atom is 0.0628 e. The fraction of sp³-hybridized carbons (Fsp3) is 0.533. The minimum absolute atomic E-state index is 0.131. The van der Waals surface area contributed by atoms with Crippen LogP contribution in [0.5, 0.6) is 0 Å². The standard InChI is InChI=1S/C15H24N2/c1-5-6-7-8-15(12(2)3)14(9-10-16)11-13(4)17/h5-7,13-14H,1,8-9,11,17H2,2-4H3. The molecule has 17 heavy (non-hydrogen) atoms. The van der Waals surface area contributed by atoms with Crippen molar-refractivity contribution in [1.82, 2.24) is 0 Å². The van der Waals surface area contributed by atoms with Gasteiger partial charge in [0.25, 0.3) is 0 Å². The fourth-order valence-electron chi connectivity index (χ4n) is 1.98. The van der Waals surface area contributed by atoms with Gasteiger partial charge in [0.1, 0.15) is 0 Å². The molecule has 0 radical (unpaired) electrons. The molecule has 0 aliphatic carbocycles. The van der Waals surface area contributed by atoms with Crippen molar-refractivity contribution in [3.05, 3.63) is 36.0 Å². The van der Waals surface area contributed by atoms with Crippen LogP contribution in [0.15, 0.2) is 36.0 Å². The van der Waals surface area contributed by atoms with Gasteiger partial charge in [0.15, 0.2) is 0 Å². The van der Waals surface area contributed by atoms with Crippen molar-refractivity contribution in [3.8, 4) is 6.07 Å². The lowest BCUT2D eigenvalue weighted by Gasteiger charge is -2.20. The first-order valence-corrected chi connectivity index (χ1v) is 6.09. The van der Waals surface area contributed by atoms with E-state index >= 15 is 0 Å². The molecule has 0 spiro atoms. The van der Waals surface area contributed by atoms with Gasteiger partial charge in [-0.1, -0.05) is 36.0 Å². The summed E-state index contributed by atoms with van der Waals surface area (Å²) < 4.78 is 0. The highest BCUT2D eigenvalue weighted by atomic mass is 14.6. The van der Waals surface area contributed by atoms with Gasteiger partial charge in [-0.15, -0.1) is 0 Å². The SMILES string of the molecule is C=CC=CCC(=C(C)C)C(CC#N)CC(C)N. The van der Waals surface area contributed by atoms with Gasteiger partial charge in [0, 0.05) is 12.5 Å². The van der Waals surface area contributed by atoms with E-state index < -0.39 is 0 Å². The highest BCUT2D eigenvalue weighted by Crippen LogP contribution is 2.26. The summed E-state index contributed by atoms with van der Waals surface area (Å²) in [5.74, 6) is 0.277. The average Bonchev–Trinajstić information content (AvgIpc) is 2.23. The molecule has 2 N–H and O–H groups in total. The Hall–Kier alpha value is -1.33. The Kier molecular flexibility index (Phi) is 8.09. The summed E-state index contributed by atoms with van der Waals surface area (Å²) in [5, 5.41) is 8.90. The van der Waals surface area contributed by atoms with Crippen molar-refractivity contribution >= 4 is 0 Å². The number of nitriles is 1. The van der Waals surface area contributed by atoms with Crippen LogP contribution in [-0.2, 0) is 0 Å². The van der Waals surface area contributed by atoms with Gasteiger partial charge in [0.2, 0.25) is 0 Å². The lowest BCUT2D eigenvalue weighted by atomic mass is 9.85. The largest absolute Gasteiger partial charge is 0.328 e. The first-order chi connectivity index (χ1) is 8.02. The fourth-order valence-corrected chi connectivity index (χ4v) is 1.98. The molecule has 94 valence electrons. The molecule has 0 bridgehead atoms. The van der Waals surface area contributed by atoms with E-state index in [9.17, 15) is 0 Å². The van der Waals surface area contributed by atoms with Crippen LogP contribution in [0.25, 0.3) is 0 Å². The number of nitrogens with zero attached hydrogens (tertiary/aromatic N) is 1. The van der Waals surface area contributed by atoms with E-state index in [4.69, 9.17) is 11.0 Å². The zero-order valence-corrected chi connectivity index (χ0v) is 11.2. The summed E-state index contributed by atoms with van der Waals surface area (Å²) in [7, 11) is 0. The van der Waals surface area contributed by atoms with Crippen LogP contribution in [-0.4, -0.2) is 6.04 Å². The number of allylic oxidation sites excluding steroid dienone is 5. The molecule has 0 saturated heterocycles. The molecule has 0 aliphatic rings. The second-order valence-electron chi connectivity index (χ2n) is 4.67. The maximum absolute atomic E-state index is 8.90. The molecule has 2 unspecified atom stereocenters. The van der Waals surface area contributed by atoms with E-state index in [0.717, 1.165) is 12.8 Å². The molecule has 2 nitrogen and oxygen atoms in total. The van der Waals surface area contributed by atoms with Gasteiger partial charge in [-0.2, -0.15) is 5.26 Å². The second-order valence-corrected chi connectivity index (χ2v) is 4.67. The molecule has 2 atom stereocenters. The monoisotopic (exact) mass is 232 g/mol.